The lowest BCUT2D eigenvalue weighted by Crippen LogP contribution is -2.60. The highest BCUT2D eigenvalue weighted by atomic mass is 32.2. The van der Waals surface area contributed by atoms with Gasteiger partial charge in [-0.3, -0.25) is 19.9 Å². The number of ether oxygens (including phenoxy) is 3. The molecule has 13 heteroatoms. The molecule has 5 unspecified atom stereocenters. The molecule has 0 saturated carbocycles. The Morgan fingerprint density at radius 3 is 2.45 bits per heavy atom. The van der Waals surface area contributed by atoms with Crippen LogP contribution in [-0.2, 0) is 31.9 Å². The molecular weight excluding hydrogens is 520 g/mol. The second kappa shape index (κ2) is 12.2. The van der Waals surface area contributed by atoms with Crippen molar-refractivity contribution in [3.8, 4) is 5.75 Å². The van der Waals surface area contributed by atoms with Crippen LogP contribution in [0.5, 0.6) is 5.75 Å². The first kappa shape index (κ1) is 28.0. The van der Waals surface area contributed by atoms with Crippen molar-refractivity contribution < 1.29 is 49.0 Å². The minimum Gasteiger partial charge on any atom is -0.493 e. The third-order valence-corrected chi connectivity index (χ3v) is 7.19. The van der Waals surface area contributed by atoms with Gasteiger partial charge in [0.2, 0.25) is 5.91 Å². The molecule has 2 aromatic rings. The van der Waals surface area contributed by atoms with Crippen molar-refractivity contribution >= 4 is 28.9 Å². The van der Waals surface area contributed by atoms with E-state index < -0.39 is 48.0 Å². The maximum atomic E-state index is 11.7. The molecule has 7 atom stereocenters. The first-order chi connectivity index (χ1) is 18.1. The van der Waals surface area contributed by atoms with Crippen LogP contribution < -0.4 is 10.1 Å². The molecule has 2 fully saturated rings. The molecular formula is C25H28N2O10S. The van der Waals surface area contributed by atoms with Crippen LogP contribution in [0.3, 0.4) is 0 Å². The fourth-order valence-corrected chi connectivity index (χ4v) is 4.87. The van der Waals surface area contributed by atoms with Crippen LogP contribution in [0.25, 0.3) is 0 Å². The van der Waals surface area contributed by atoms with Gasteiger partial charge < -0.3 is 34.6 Å². The lowest BCUT2D eigenvalue weighted by molar-refractivity contribution is -0.304. The molecule has 12 nitrogen and oxygen atoms in total. The second-order valence-electron chi connectivity index (χ2n) is 8.93. The van der Waals surface area contributed by atoms with Gasteiger partial charge in [-0.25, -0.2) is 4.79 Å². The molecule has 5 N–H and O–H groups in total. The van der Waals surface area contributed by atoms with Crippen LogP contribution >= 0.6 is 11.8 Å². The lowest BCUT2D eigenvalue weighted by atomic mass is 9.99. The van der Waals surface area contributed by atoms with Crippen molar-refractivity contribution in [3.63, 3.8) is 0 Å². The number of aromatic nitrogens is 1. The van der Waals surface area contributed by atoms with Crippen molar-refractivity contribution in [3.05, 3.63) is 59.4 Å². The van der Waals surface area contributed by atoms with Crippen LogP contribution in [0, 0.1) is 0 Å². The lowest BCUT2D eigenvalue weighted by Gasteiger charge is -2.39. The van der Waals surface area contributed by atoms with Crippen molar-refractivity contribution in [2.24, 2.45) is 0 Å². The molecule has 38 heavy (non-hydrogen) atoms. The van der Waals surface area contributed by atoms with E-state index in [1.165, 1.54) is 0 Å². The Hall–Kier alpha value is -3.07. The van der Waals surface area contributed by atoms with Crippen molar-refractivity contribution in [2.45, 2.75) is 61.8 Å². The fraction of sp³-hybridized carbons (Fsp3) is 0.440. The number of carbonyl (C=O) groups is 3. The molecule has 0 spiro atoms. The number of pyridine rings is 1. The number of aliphatic carboxylic acids is 1. The third-order valence-electron chi connectivity index (χ3n) is 6.21. The van der Waals surface area contributed by atoms with Gasteiger partial charge in [-0.2, -0.15) is 0 Å². The molecule has 1 aromatic carbocycles. The predicted octanol–water partition coefficient (Wildman–Crippen LogP) is 0.567. The van der Waals surface area contributed by atoms with Crippen molar-refractivity contribution in [1.82, 2.24) is 10.3 Å². The van der Waals surface area contributed by atoms with E-state index >= 15 is 0 Å². The fourth-order valence-electron chi connectivity index (χ4n) is 4.01. The van der Waals surface area contributed by atoms with E-state index in [2.05, 4.69) is 10.3 Å². The van der Waals surface area contributed by atoms with Crippen LogP contribution in [-0.4, -0.2) is 85.1 Å². The summed E-state index contributed by atoms with van der Waals surface area (Å²) in [5.74, 6) is -1.10. The second-order valence-corrected chi connectivity index (χ2v) is 10.1. The van der Waals surface area contributed by atoms with Gasteiger partial charge >= 0.3 is 5.97 Å². The Labute approximate surface area is 221 Å². The minimum absolute atomic E-state index is 0.273. The van der Waals surface area contributed by atoms with Gasteiger partial charge in [-0.05, 0) is 42.7 Å². The maximum Gasteiger partial charge on any atom is 0.335 e. The number of amides is 2. The van der Waals surface area contributed by atoms with E-state index in [1.807, 2.05) is 12.1 Å². The Kier molecular flexibility index (Phi) is 8.97. The average molecular weight is 549 g/mol. The predicted molar refractivity (Wildman–Crippen MR) is 132 cm³/mol. The maximum absolute atomic E-state index is 11.7. The summed E-state index contributed by atoms with van der Waals surface area (Å²) < 4.78 is 16.5. The SMILES string of the molecule is CC(O[C@@H]1OC(C(=O)O)[C@@H](O)C(O)C1O)c1ccc(CCOc2ccc(CC3SC(=O)NC3=O)cc2)nc1. The number of hydrogen-bond donors (Lipinski definition) is 5. The number of rotatable bonds is 10. The highest BCUT2D eigenvalue weighted by molar-refractivity contribution is 8.15. The van der Waals surface area contributed by atoms with Gasteiger partial charge in [0.25, 0.3) is 5.24 Å². The summed E-state index contributed by atoms with van der Waals surface area (Å²) in [5.41, 5.74) is 2.30. The number of nitrogens with zero attached hydrogens (tertiary/aromatic N) is 1. The number of hydrogen-bond acceptors (Lipinski definition) is 11. The smallest absolute Gasteiger partial charge is 0.335 e. The van der Waals surface area contributed by atoms with Gasteiger partial charge in [0.15, 0.2) is 12.4 Å². The number of carboxylic acid groups (broad SMARTS) is 1. The molecule has 2 aliphatic rings. The summed E-state index contributed by atoms with van der Waals surface area (Å²) in [6.45, 7) is 2.02. The molecule has 0 radical (unpaired) electrons. The monoisotopic (exact) mass is 548 g/mol. The van der Waals surface area contributed by atoms with Gasteiger partial charge in [0, 0.05) is 18.3 Å². The summed E-state index contributed by atoms with van der Waals surface area (Å²) in [6.07, 6.45) is -6.46. The summed E-state index contributed by atoms with van der Waals surface area (Å²) >= 11 is 0.993. The standard InChI is InChI=1S/C25H28N2O10S/c1-12(36-24-20(30)18(28)19(29)21(37-24)23(32)33)14-4-5-15(26-11-14)8-9-35-16-6-2-13(3-7-16)10-17-22(31)27-25(34)38-17/h2-7,11-12,17-21,24,28-30H,8-10H2,1H3,(H,32,33)(H,27,31,34)/t12?,17?,18?,19-,20?,21?,24+/m0/s1. The number of benzene rings is 1. The van der Waals surface area contributed by atoms with E-state index in [0.717, 1.165) is 23.0 Å². The first-order valence-corrected chi connectivity index (χ1v) is 12.8. The topological polar surface area (TPSA) is 185 Å². The van der Waals surface area contributed by atoms with E-state index in [-0.39, 0.29) is 11.1 Å². The normalized spacial score (nSPS) is 28.1. The third kappa shape index (κ3) is 6.67. The quantitative estimate of drug-likeness (QED) is 0.278. The molecule has 2 aliphatic heterocycles. The zero-order valence-corrected chi connectivity index (χ0v) is 21.1. The Bertz CT molecular complexity index is 1150. The molecule has 2 saturated heterocycles. The van der Waals surface area contributed by atoms with Gasteiger partial charge in [0.05, 0.1) is 18.0 Å². The number of thioether (sulfide) groups is 1. The van der Waals surface area contributed by atoms with Crippen LogP contribution in [0.1, 0.15) is 29.8 Å². The number of aliphatic hydroxyl groups is 3. The Morgan fingerprint density at radius 1 is 1.11 bits per heavy atom. The summed E-state index contributed by atoms with van der Waals surface area (Å²) in [7, 11) is 0. The van der Waals surface area contributed by atoms with Crippen LogP contribution in [0.15, 0.2) is 42.6 Å². The number of aliphatic hydroxyl groups excluding tert-OH is 3. The number of imide groups is 1. The van der Waals surface area contributed by atoms with Gasteiger partial charge in [-0.1, -0.05) is 30.0 Å². The van der Waals surface area contributed by atoms with Gasteiger partial charge in [-0.15, -0.1) is 0 Å². The Morgan fingerprint density at radius 2 is 1.84 bits per heavy atom. The highest BCUT2D eigenvalue weighted by Crippen LogP contribution is 2.28. The summed E-state index contributed by atoms with van der Waals surface area (Å²) in [6, 6.07) is 10.9. The number of nitrogens with one attached hydrogen (secondary N) is 1. The van der Waals surface area contributed by atoms with Crippen molar-refractivity contribution in [2.75, 3.05) is 6.61 Å². The van der Waals surface area contributed by atoms with Crippen LogP contribution in [0.4, 0.5) is 4.79 Å². The zero-order valence-electron chi connectivity index (χ0n) is 20.3. The molecule has 204 valence electrons. The molecule has 4 rings (SSSR count). The van der Waals surface area contributed by atoms with Crippen LogP contribution in [0.2, 0.25) is 0 Å². The highest BCUT2D eigenvalue weighted by Gasteiger charge is 2.48. The van der Waals surface area contributed by atoms with E-state index in [0.29, 0.717) is 30.8 Å². The average Bonchev–Trinajstić information content (AvgIpc) is 3.21. The van der Waals surface area contributed by atoms with E-state index in [1.54, 1.807) is 37.4 Å². The largest absolute Gasteiger partial charge is 0.493 e. The minimum atomic E-state index is -1.79. The molecule has 3 heterocycles. The van der Waals surface area contributed by atoms with E-state index in [9.17, 15) is 29.7 Å². The van der Waals surface area contributed by atoms with Crippen molar-refractivity contribution in [1.29, 1.82) is 0 Å². The molecule has 0 aliphatic carbocycles. The first-order valence-electron chi connectivity index (χ1n) is 11.9. The van der Waals surface area contributed by atoms with E-state index in [4.69, 9.17) is 19.3 Å². The van der Waals surface area contributed by atoms with Gasteiger partial charge in [0.1, 0.15) is 24.1 Å². The molecule has 0 bridgehead atoms. The summed E-state index contributed by atoms with van der Waals surface area (Å²) in [5, 5.41) is 40.5. The summed E-state index contributed by atoms with van der Waals surface area (Å²) in [4.78, 5) is 38.6. The Balaban J connectivity index is 1.24. The number of carbonyl (C=O) groups excluding carboxylic acids is 2. The molecule has 1 aromatic heterocycles. The zero-order chi connectivity index (χ0) is 27.4. The number of carboxylic acids is 1. The molecule has 2 amide bonds.